The minimum absolute atomic E-state index is 0.335. The summed E-state index contributed by atoms with van der Waals surface area (Å²) in [5, 5.41) is 8.90. The second-order valence-electron chi connectivity index (χ2n) is 7.63. The van der Waals surface area contributed by atoms with E-state index in [1.807, 2.05) is 0 Å². The van der Waals surface area contributed by atoms with E-state index in [0.717, 1.165) is 12.8 Å². The van der Waals surface area contributed by atoms with Gasteiger partial charge in [-0.05, 0) is 54.4 Å². The number of aliphatic hydroxyl groups is 1. The van der Waals surface area contributed by atoms with Crippen molar-refractivity contribution in [3.8, 4) is 0 Å². The Balaban J connectivity index is 3.44. The highest BCUT2D eigenvalue weighted by Gasteiger charge is 2.17. The Labute approximate surface area is 142 Å². The first-order valence-electron chi connectivity index (χ1n) is 8.59. The Hall–Kier alpha value is 0.660. The molecule has 0 bridgehead atoms. The molecule has 0 rings (SSSR count). The Bertz CT molecular complexity index is 239. The minimum atomic E-state index is 0.335. The van der Waals surface area contributed by atoms with E-state index in [9.17, 15) is 0 Å². The predicted molar refractivity (Wildman–Crippen MR) is 103 cm³/mol. The molecule has 0 atom stereocenters. The average molecular weight is 335 g/mol. The van der Waals surface area contributed by atoms with Crippen LogP contribution in [0.3, 0.4) is 0 Å². The summed E-state index contributed by atoms with van der Waals surface area (Å²) in [6, 6.07) is 0. The van der Waals surface area contributed by atoms with Gasteiger partial charge in [-0.1, -0.05) is 41.0 Å². The van der Waals surface area contributed by atoms with Crippen molar-refractivity contribution in [3.63, 3.8) is 0 Å². The van der Waals surface area contributed by atoms with Crippen LogP contribution in [-0.4, -0.2) is 34.7 Å². The SMILES string of the molecule is CCCC(C)(C)CCSCCSCCC(C)(C)CCCO. The van der Waals surface area contributed by atoms with Crippen LogP contribution in [0.25, 0.3) is 0 Å². The fourth-order valence-corrected chi connectivity index (χ4v) is 5.25. The summed E-state index contributed by atoms with van der Waals surface area (Å²) in [5.41, 5.74) is 0.929. The van der Waals surface area contributed by atoms with Crippen molar-refractivity contribution in [2.45, 2.75) is 73.1 Å². The highest BCUT2D eigenvalue weighted by Crippen LogP contribution is 2.29. The molecule has 0 aromatic rings. The van der Waals surface area contributed by atoms with Gasteiger partial charge in [0.05, 0.1) is 0 Å². The van der Waals surface area contributed by atoms with E-state index in [2.05, 4.69) is 58.1 Å². The third kappa shape index (κ3) is 14.0. The van der Waals surface area contributed by atoms with Gasteiger partial charge < -0.3 is 5.11 Å². The molecule has 0 aliphatic heterocycles. The van der Waals surface area contributed by atoms with Crippen molar-refractivity contribution in [2.24, 2.45) is 10.8 Å². The zero-order valence-corrected chi connectivity index (χ0v) is 16.7. The fourth-order valence-electron chi connectivity index (χ4n) is 2.50. The number of hydrogen-bond donors (Lipinski definition) is 1. The van der Waals surface area contributed by atoms with Crippen LogP contribution in [0.5, 0.6) is 0 Å². The number of aliphatic hydroxyl groups excluding tert-OH is 1. The lowest BCUT2D eigenvalue weighted by atomic mass is 9.85. The molecule has 0 unspecified atom stereocenters. The van der Waals surface area contributed by atoms with Gasteiger partial charge in [0.2, 0.25) is 0 Å². The summed E-state index contributed by atoms with van der Waals surface area (Å²) in [5.74, 6) is 5.16. The maximum absolute atomic E-state index is 8.90. The van der Waals surface area contributed by atoms with Gasteiger partial charge in [0.15, 0.2) is 0 Å². The maximum Gasteiger partial charge on any atom is 0.0431 e. The van der Waals surface area contributed by atoms with Crippen LogP contribution in [0.15, 0.2) is 0 Å². The molecule has 0 heterocycles. The first kappa shape index (κ1) is 21.7. The van der Waals surface area contributed by atoms with Gasteiger partial charge in [-0.3, -0.25) is 0 Å². The van der Waals surface area contributed by atoms with Crippen LogP contribution in [0.1, 0.15) is 73.1 Å². The molecule has 0 amide bonds. The summed E-state index contributed by atoms with van der Waals surface area (Å²) in [7, 11) is 0. The lowest BCUT2D eigenvalue weighted by Crippen LogP contribution is -2.13. The third-order valence-corrected chi connectivity index (χ3v) is 6.39. The second kappa shape index (κ2) is 12.1. The van der Waals surface area contributed by atoms with Gasteiger partial charge in [0.1, 0.15) is 0 Å². The van der Waals surface area contributed by atoms with E-state index in [1.54, 1.807) is 0 Å². The quantitative estimate of drug-likeness (QED) is 0.402. The van der Waals surface area contributed by atoms with Crippen molar-refractivity contribution < 1.29 is 5.11 Å². The van der Waals surface area contributed by atoms with Crippen molar-refractivity contribution in [1.29, 1.82) is 0 Å². The molecule has 0 radical (unpaired) electrons. The molecule has 0 aliphatic carbocycles. The largest absolute Gasteiger partial charge is 0.396 e. The van der Waals surface area contributed by atoms with Gasteiger partial charge in [-0.15, -0.1) is 0 Å². The Morgan fingerprint density at radius 2 is 1.19 bits per heavy atom. The zero-order chi connectivity index (χ0) is 16.2. The van der Waals surface area contributed by atoms with E-state index in [-0.39, 0.29) is 0 Å². The molecule has 128 valence electrons. The van der Waals surface area contributed by atoms with E-state index in [1.165, 1.54) is 48.7 Å². The van der Waals surface area contributed by atoms with Gasteiger partial charge in [-0.2, -0.15) is 23.5 Å². The molecule has 0 spiro atoms. The van der Waals surface area contributed by atoms with Crippen LogP contribution in [0.2, 0.25) is 0 Å². The summed E-state index contributed by atoms with van der Waals surface area (Å²) in [6.07, 6.45) is 7.37. The smallest absolute Gasteiger partial charge is 0.0431 e. The summed E-state index contributed by atoms with van der Waals surface area (Å²) >= 11 is 4.22. The average Bonchev–Trinajstić information content (AvgIpc) is 2.39. The van der Waals surface area contributed by atoms with Crippen LogP contribution in [0.4, 0.5) is 0 Å². The topological polar surface area (TPSA) is 20.2 Å². The normalized spacial score (nSPS) is 12.9. The van der Waals surface area contributed by atoms with Crippen LogP contribution in [0, 0.1) is 10.8 Å². The predicted octanol–water partition coefficient (Wildman–Crippen LogP) is 5.86. The third-order valence-electron chi connectivity index (χ3n) is 4.16. The molecule has 3 heteroatoms. The number of hydrogen-bond acceptors (Lipinski definition) is 3. The molecule has 0 saturated carbocycles. The zero-order valence-electron chi connectivity index (χ0n) is 15.0. The van der Waals surface area contributed by atoms with E-state index >= 15 is 0 Å². The van der Waals surface area contributed by atoms with Crippen molar-refractivity contribution in [3.05, 3.63) is 0 Å². The molecule has 0 aromatic heterocycles. The van der Waals surface area contributed by atoms with Crippen LogP contribution in [-0.2, 0) is 0 Å². The van der Waals surface area contributed by atoms with Crippen LogP contribution >= 0.6 is 23.5 Å². The van der Waals surface area contributed by atoms with E-state index in [4.69, 9.17) is 5.11 Å². The summed E-state index contributed by atoms with van der Waals surface area (Å²) < 4.78 is 0. The van der Waals surface area contributed by atoms with Crippen molar-refractivity contribution >= 4 is 23.5 Å². The summed E-state index contributed by atoms with van der Waals surface area (Å²) in [4.78, 5) is 0. The number of thioether (sulfide) groups is 2. The molecular weight excluding hydrogens is 296 g/mol. The van der Waals surface area contributed by atoms with Crippen molar-refractivity contribution in [1.82, 2.24) is 0 Å². The highest BCUT2D eigenvalue weighted by molar-refractivity contribution is 8.02. The minimum Gasteiger partial charge on any atom is -0.396 e. The molecule has 0 fully saturated rings. The molecule has 1 N–H and O–H groups in total. The molecule has 0 saturated heterocycles. The standard InChI is InChI=1S/C18H38OS2/c1-6-8-17(2,3)10-13-20-15-16-21-14-11-18(4,5)9-7-12-19/h19H,6-16H2,1-5H3. The Morgan fingerprint density at radius 1 is 0.714 bits per heavy atom. The highest BCUT2D eigenvalue weighted by atomic mass is 32.2. The maximum atomic E-state index is 8.90. The van der Waals surface area contributed by atoms with Gasteiger partial charge in [-0.25, -0.2) is 0 Å². The molecule has 21 heavy (non-hydrogen) atoms. The molecule has 0 aliphatic rings. The van der Waals surface area contributed by atoms with Gasteiger partial charge >= 0.3 is 0 Å². The second-order valence-corrected chi connectivity index (χ2v) is 10.1. The molecule has 1 nitrogen and oxygen atoms in total. The van der Waals surface area contributed by atoms with E-state index in [0.29, 0.717) is 17.4 Å². The first-order valence-corrected chi connectivity index (χ1v) is 10.9. The van der Waals surface area contributed by atoms with Crippen molar-refractivity contribution in [2.75, 3.05) is 29.6 Å². The first-order chi connectivity index (χ1) is 9.83. The molecule has 0 aromatic carbocycles. The van der Waals surface area contributed by atoms with Crippen LogP contribution < -0.4 is 0 Å². The Kier molecular flexibility index (Phi) is 12.5. The number of rotatable bonds is 14. The summed E-state index contributed by atoms with van der Waals surface area (Å²) in [6.45, 7) is 12.1. The monoisotopic (exact) mass is 334 g/mol. The lowest BCUT2D eigenvalue weighted by Gasteiger charge is -2.24. The van der Waals surface area contributed by atoms with Gasteiger partial charge in [0, 0.05) is 18.1 Å². The lowest BCUT2D eigenvalue weighted by molar-refractivity contribution is 0.238. The fraction of sp³-hybridized carbons (Fsp3) is 1.00. The van der Waals surface area contributed by atoms with Gasteiger partial charge in [0.25, 0.3) is 0 Å². The van der Waals surface area contributed by atoms with E-state index < -0.39 is 0 Å². The Morgan fingerprint density at radius 3 is 1.62 bits per heavy atom. The molecular formula is C18H38OS2.